The van der Waals surface area contributed by atoms with Crippen LogP contribution in [0.1, 0.15) is 32.4 Å². The molecule has 2 aromatic rings. The quantitative estimate of drug-likeness (QED) is 0.882. The Morgan fingerprint density at radius 1 is 1.57 bits per heavy atom. The normalized spacial score (nSPS) is 19.4. The summed E-state index contributed by atoms with van der Waals surface area (Å²) in [6.07, 6.45) is 7.12. The van der Waals surface area contributed by atoms with Gasteiger partial charge in [-0.15, -0.1) is 11.3 Å². The van der Waals surface area contributed by atoms with Crippen LogP contribution in [0.5, 0.6) is 0 Å². The van der Waals surface area contributed by atoms with E-state index < -0.39 is 5.97 Å². The zero-order valence-electron chi connectivity index (χ0n) is 12.2. The summed E-state index contributed by atoms with van der Waals surface area (Å²) < 4.78 is 1.97. The van der Waals surface area contributed by atoms with E-state index >= 15 is 0 Å². The van der Waals surface area contributed by atoms with Crippen molar-refractivity contribution in [2.75, 3.05) is 11.4 Å². The van der Waals surface area contributed by atoms with E-state index in [-0.39, 0.29) is 0 Å². The number of fused-ring (bicyclic) bond motifs is 1. The summed E-state index contributed by atoms with van der Waals surface area (Å²) in [6, 6.07) is 0.478. The van der Waals surface area contributed by atoms with Crippen LogP contribution in [0.3, 0.4) is 0 Å². The lowest BCUT2D eigenvalue weighted by molar-refractivity contribution is -0.131. The van der Waals surface area contributed by atoms with Gasteiger partial charge < -0.3 is 10.0 Å². The molecule has 1 unspecified atom stereocenters. The summed E-state index contributed by atoms with van der Waals surface area (Å²) in [7, 11) is 0. The van der Waals surface area contributed by atoms with Crippen LogP contribution < -0.4 is 4.90 Å². The molecule has 1 atom stereocenters. The summed E-state index contributed by atoms with van der Waals surface area (Å²) in [5.41, 5.74) is 0.862. The highest BCUT2D eigenvalue weighted by Crippen LogP contribution is 2.33. The van der Waals surface area contributed by atoms with Gasteiger partial charge in [0.2, 0.25) is 0 Å². The minimum Gasteiger partial charge on any atom is -0.478 e. The van der Waals surface area contributed by atoms with Gasteiger partial charge in [0.1, 0.15) is 0 Å². The van der Waals surface area contributed by atoms with Gasteiger partial charge in [-0.2, -0.15) is 0 Å². The van der Waals surface area contributed by atoms with Crippen molar-refractivity contribution in [2.45, 2.75) is 32.7 Å². The predicted octanol–water partition coefficient (Wildman–Crippen LogP) is 3.12. The van der Waals surface area contributed by atoms with E-state index in [4.69, 9.17) is 10.1 Å². The van der Waals surface area contributed by atoms with Gasteiger partial charge in [-0.3, -0.25) is 4.40 Å². The molecule has 6 heteroatoms. The van der Waals surface area contributed by atoms with E-state index in [0.717, 1.165) is 29.4 Å². The number of aliphatic carboxylic acids is 1. The molecule has 0 saturated carbocycles. The molecular formula is C15H19N3O2S. The first-order valence-corrected chi connectivity index (χ1v) is 8.09. The molecule has 5 nitrogen and oxygen atoms in total. The monoisotopic (exact) mass is 305 g/mol. The van der Waals surface area contributed by atoms with Crippen LogP contribution in [0.4, 0.5) is 5.82 Å². The Hall–Kier alpha value is -1.82. The van der Waals surface area contributed by atoms with Gasteiger partial charge in [-0.25, -0.2) is 9.78 Å². The number of nitrogens with zero attached hydrogens (tertiary/aromatic N) is 3. The Kier molecular flexibility index (Phi) is 3.71. The average molecular weight is 305 g/mol. The van der Waals surface area contributed by atoms with Crippen molar-refractivity contribution in [3.05, 3.63) is 23.3 Å². The average Bonchev–Trinajstić information content (AvgIpc) is 3.10. The Morgan fingerprint density at radius 2 is 2.38 bits per heavy atom. The maximum absolute atomic E-state index is 10.8. The van der Waals surface area contributed by atoms with Gasteiger partial charge in [0.15, 0.2) is 10.8 Å². The van der Waals surface area contributed by atoms with E-state index in [1.54, 1.807) is 17.4 Å². The number of rotatable bonds is 4. The zero-order chi connectivity index (χ0) is 15.0. The molecule has 3 rings (SSSR count). The number of carboxylic acids is 1. The van der Waals surface area contributed by atoms with Crippen LogP contribution in [0, 0.1) is 5.92 Å². The SMILES string of the molecule is CC(C)C1CCCN1c1nc2sccn2c1C=CC(=O)O. The highest BCUT2D eigenvalue weighted by Gasteiger charge is 2.30. The highest BCUT2D eigenvalue weighted by molar-refractivity contribution is 7.15. The first kappa shape index (κ1) is 14.1. The van der Waals surface area contributed by atoms with Crippen LogP contribution in [-0.2, 0) is 4.79 Å². The maximum Gasteiger partial charge on any atom is 0.328 e. The highest BCUT2D eigenvalue weighted by atomic mass is 32.1. The third-order valence-electron chi connectivity index (χ3n) is 4.00. The Bertz CT molecular complexity index is 686. The van der Waals surface area contributed by atoms with Crippen LogP contribution >= 0.6 is 11.3 Å². The molecule has 3 heterocycles. The van der Waals surface area contributed by atoms with Gasteiger partial charge in [0.05, 0.1) is 5.69 Å². The van der Waals surface area contributed by atoms with Crippen LogP contribution in [-0.4, -0.2) is 33.0 Å². The molecule has 2 aromatic heterocycles. The molecule has 1 saturated heterocycles. The molecule has 0 aliphatic carbocycles. The molecule has 0 spiro atoms. The molecule has 0 aromatic carbocycles. The zero-order valence-corrected chi connectivity index (χ0v) is 13.0. The lowest BCUT2D eigenvalue weighted by Gasteiger charge is -2.28. The van der Waals surface area contributed by atoms with Crippen molar-refractivity contribution in [3.8, 4) is 0 Å². The lowest BCUT2D eigenvalue weighted by Crippen LogP contribution is -2.34. The Balaban J connectivity index is 2.07. The van der Waals surface area contributed by atoms with Crippen molar-refractivity contribution >= 4 is 34.2 Å². The molecule has 1 aliphatic rings. The largest absolute Gasteiger partial charge is 0.478 e. The van der Waals surface area contributed by atoms with Crippen molar-refractivity contribution in [1.82, 2.24) is 9.38 Å². The molecule has 0 bridgehead atoms. The lowest BCUT2D eigenvalue weighted by atomic mass is 10.0. The molecule has 21 heavy (non-hydrogen) atoms. The number of imidazole rings is 1. The first-order chi connectivity index (χ1) is 10.1. The van der Waals surface area contributed by atoms with Crippen LogP contribution in [0.2, 0.25) is 0 Å². The number of thiazole rings is 1. The molecule has 0 amide bonds. The summed E-state index contributed by atoms with van der Waals surface area (Å²) in [5.74, 6) is 0.534. The Labute approximate surface area is 127 Å². The number of carboxylic acid groups (broad SMARTS) is 1. The van der Waals surface area contributed by atoms with Gasteiger partial charge in [0, 0.05) is 30.2 Å². The molecule has 0 radical (unpaired) electrons. The van der Waals surface area contributed by atoms with Crippen molar-refractivity contribution in [1.29, 1.82) is 0 Å². The van der Waals surface area contributed by atoms with Crippen molar-refractivity contribution in [3.63, 3.8) is 0 Å². The van der Waals surface area contributed by atoms with Crippen LogP contribution in [0.15, 0.2) is 17.7 Å². The van der Waals surface area contributed by atoms with E-state index in [0.29, 0.717) is 12.0 Å². The van der Waals surface area contributed by atoms with Crippen molar-refractivity contribution < 1.29 is 9.90 Å². The minimum atomic E-state index is -0.937. The number of hydrogen-bond acceptors (Lipinski definition) is 4. The molecule has 112 valence electrons. The number of anilines is 1. The third kappa shape index (κ3) is 2.55. The van der Waals surface area contributed by atoms with Gasteiger partial charge >= 0.3 is 5.97 Å². The fraction of sp³-hybridized carbons (Fsp3) is 0.467. The molecule has 1 N–H and O–H groups in total. The summed E-state index contributed by atoms with van der Waals surface area (Å²) in [5, 5.41) is 10.9. The smallest absolute Gasteiger partial charge is 0.328 e. The Morgan fingerprint density at radius 3 is 3.10 bits per heavy atom. The maximum atomic E-state index is 10.8. The van der Waals surface area contributed by atoms with E-state index in [1.165, 1.54) is 12.5 Å². The minimum absolute atomic E-state index is 0.478. The summed E-state index contributed by atoms with van der Waals surface area (Å²) >= 11 is 1.57. The topological polar surface area (TPSA) is 57.8 Å². The third-order valence-corrected chi connectivity index (χ3v) is 4.76. The van der Waals surface area contributed by atoms with Crippen molar-refractivity contribution in [2.24, 2.45) is 5.92 Å². The number of hydrogen-bond donors (Lipinski definition) is 1. The predicted molar refractivity (Wildman–Crippen MR) is 84.9 cm³/mol. The van der Waals surface area contributed by atoms with E-state index in [1.807, 2.05) is 16.0 Å². The molecule has 1 aliphatic heterocycles. The summed E-state index contributed by atoms with van der Waals surface area (Å²) in [6.45, 7) is 5.45. The second-order valence-corrected chi connectivity index (χ2v) is 6.57. The fourth-order valence-electron chi connectivity index (χ4n) is 3.06. The standard InChI is InChI=1S/C15H19N3O2S/c1-10(2)11-4-3-7-17(11)14-12(5-6-13(19)20)18-8-9-21-15(18)16-14/h5-6,8-11H,3-4,7H2,1-2H3,(H,19,20). The second-order valence-electron chi connectivity index (χ2n) is 5.69. The molecule has 1 fully saturated rings. The first-order valence-electron chi connectivity index (χ1n) is 7.21. The summed E-state index contributed by atoms with van der Waals surface area (Å²) in [4.78, 5) is 18.8. The second kappa shape index (κ2) is 5.52. The number of aromatic nitrogens is 2. The van der Waals surface area contributed by atoms with Gasteiger partial charge in [0.25, 0.3) is 0 Å². The van der Waals surface area contributed by atoms with Gasteiger partial charge in [-0.05, 0) is 24.8 Å². The van der Waals surface area contributed by atoms with E-state index in [2.05, 4.69) is 18.7 Å². The van der Waals surface area contributed by atoms with E-state index in [9.17, 15) is 4.79 Å². The number of carbonyl (C=O) groups is 1. The fourth-order valence-corrected chi connectivity index (χ4v) is 3.77. The molecular weight excluding hydrogens is 286 g/mol. The van der Waals surface area contributed by atoms with Crippen LogP contribution in [0.25, 0.3) is 11.0 Å². The van der Waals surface area contributed by atoms with Gasteiger partial charge in [-0.1, -0.05) is 13.8 Å².